The number of carbonyl (C=O) groups excluding carboxylic acids is 1. The number of unbranched alkanes of at least 4 members (excludes halogenated alkanes) is 4. The summed E-state index contributed by atoms with van der Waals surface area (Å²) >= 11 is 1.39. The molecule has 0 aliphatic carbocycles. The van der Waals surface area contributed by atoms with Crippen LogP contribution in [-0.4, -0.2) is 28.5 Å². The van der Waals surface area contributed by atoms with Crippen molar-refractivity contribution in [1.29, 1.82) is 0 Å². The summed E-state index contributed by atoms with van der Waals surface area (Å²) < 4.78 is 0. The molecule has 0 unspecified atom stereocenters. The molecule has 0 bridgehead atoms. The van der Waals surface area contributed by atoms with Gasteiger partial charge >= 0.3 is 5.97 Å². The van der Waals surface area contributed by atoms with Gasteiger partial charge < -0.3 is 10.4 Å². The molecule has 0 atom stereocenters. The zero-order valence-corrected chi connectivity index (χ0v) is 14.3. The van der Waals surface area contributed by atoms with E-state index in [0.29, 0.717) is 11.4 Å². The maximum atomic E-state index is 12.1. The molecule has 2 N–H and O–H groups in total. The molecule has 2 rings (SSSR count). The van der Waals surface area contributed by atoms with Gasteiger partial charge in [-0.25, -0.2) is 4.98 Å². The van der Waals surface area contributed by atoms with Crippen LogP contribution in [0.5, 0.6) is 0 Å². The number of amides is 1. The molecule has 0 saturated carbocycles. The number of carboxylic acids is 1. The Balaban J connectivity index is 1.65. The zero-order chi connectivity index (χ0) is 17.2. The lowest BCUT2D eigenvalue weighted by molar-refractivity contribution is -0.137. The number of thiazole rings is 1. The van der Waals surface area contributed by atoms with E-state index in [2.05, 4.69) is 10.3 Å². The van der Waals surface area contributed by atoms with Crippen molar-refractivity contribution in [3.8, 4) is 10.6 Å². The highest BCUT2D eigenvalue weighted by atomic mass is 32.1. The largest absolute Gasteiger partial charge is 0.481 e. The fourth-order valence-corrected chi connectivity index (χ4v) is 3.15. The maximum Gasteiger partial charge on any atom is 0.303 e. The SMILES string of the molecule is O=C(O)CCCCCCCNC(=O)c1cnc(-c2ccccc2)s1. The van der Waals surface area contributed by atoms with E-state index in [1.54, 1.807) is 6.20 Å². The fraction of sp³-hybridized carbons (Fsp3) is 0.389. The van der Waals surface area contributed by atoms with Crippen LogP contribution in [-0.2, 0) is 4.79 Å². The van der Waals surface area contributed by atoms with Gasteiger partial charge in [0.15, 0.2) is 0 Å². The summed E-state index contributed by atoms with van der Waals surface area (Å²) in [5.74, 6) is -0.817. The van der Waals surface area contributed by atoms with E-state index in [-0.39, 0.29) is 12.3 Å². The van der Waals surface area contributed by atoms with E-state index in [0.717, 1.165) is 42.7 Å². The van der Waals surface area contributed by atoms with Crippen molar-refractivity contribution in [3.63, 3.8) is 0 Å². The standard InChI is InChI=1S/C18H22N2O3S/c21-16(22)11-7-2-1-3-8-12-19-17(23)15-13-20-18(24-15)14-9-5-4-6-10-14/h4-6,9-10,13H,1-3,7-8,11-12H2,(H,19,23)(H,21,22). The molecule has 6 heteroatoms. The van der Waals surface area contributed by atoms with Gasteiger partial charge in [-0.3, -0.25) is 9.59 Å². The lowest BCUT2D eigenvalue weighted by Gasteiger charge is -2.03. The molecule has 5 nitrogen and oxygen atoms in total. The summed E-state index contributed by atoms with van der Waals surface area (Å²) in [6, 6.07) is 9.81. The van der Waals surface area contributed by atoms with E-state index < -0.39 is 5.97 Å². The first-order valence-electron chi connectivity index (χ1n) is 8.18. The molecule has 2 aromatic rings. The van der Waals surface area contributed by atoms with Crippen LogP contribution in [0.3, 0.4) is 0 Å². The first-order chi connectivity index (χ1) is 11.7. The number of carboxylic acid groups (broad SMARTS) is 1. The zero-order valence-electron chi connectivity index (χ0n) is 13.5. The van der Waals surface area contributed by atoms with Crippen molar-refractivity contribution in [2.75, 3.05) is 6.54 Å². The fourth-order valence-electron chi connectivity index (χ4n) is 2.31. The highest BCUT2D eigenvalue weighted by molar-refractivity contribution is 7.16. The molecule has 24 heavy (non-hydrogen) atoms. The minimum atomic E-state index is -0.735. The minimum absolute atomic E-state index is 0.0828. The summed E-state index contributed by atoms with van der Waals surface area (Å²) in [7, 11) is 0. The van der Waals surface area contributed by atoms with Gasteiger partial charge in [0.1, 0.15) is 9.88 Å². The van der Waals surface area contributed by atoms with Crippen molar-refractivity contribution in [1.82, 2.24) is 10.3 Å². The van der Waals surface area contributed by atoms with Gasteiger partial charge in [0.2, 0.25) is 0 Å². The third-order valence-corrected chi connectivity index (χ3v) is 4.65. The van der Waals surface area contributed by atoms with Crippen LogP contribution in [0, 0.1) is 0 Å². The summed E-state index contributed by atoms with van der Waals surface area (Å²) in [6.45, 7) is 0.635. The lowest BCUT2D eigenvalue weighted by Crippen LogP contribution is -2.23. The van der Waals surface area contributed by atoms with Crippen LogP contribution in [0.4, 0.5) is 0 Å². The predicted molar refractivity (Wildman–Crippen MR) is 95.2 cm³/mol. The van der Waals surface area contributed by atoms with Crippen LogP contribution in [0.2, 0.25) is 0 Å². The van der Waals surface area contributed by atoms with Crippen molar-refractivity contribution in [3.05, 3.63) is 41.4 Å². The molecule has 1 heterocycles. The first-order valence-corrected chi connectivity index (χ1v) is 8.99. The van der Waals surface area contributed by atoms with Crippen molar-refractivity contribution < 1.29 is 14.7 Å². The second kappa shape index (κ2) is 9.82. The van der Waals surface area contributed by atoms with Crippen LogP contribution in [0.25, 0.3) is 10.6 Å². The van der Waals surface area contributed by atoms with Gasteiger partial charge in [0.25, 0.3) is 5.91 Å². The summed E-state index contributed by atoms with van der Waals surface area (Å²) in [5.41, 5.74) is 1.02. The molecule has 0 saturated heterocycles. The Bertz CT molecular complexity index is 655. The summed E-state index contributed by atoms with van der Waals surface area (Å²) in [6.07, 6.45) is 6.42. The molecule has 0 aliphatic rings. The number of aliphatic carboxylic acids is 1. The maximum absolute atomic E-state index is 12.1. The van der Waals surface area contributed by atoms with E-state index in [4.69, 9.17) is 5.11 Å². The molecule has 1 amide bonds. The van der Waals surface area contributed by atoms with E-state index in [1.807, 2.05) is 30.3 Å². The van der Waals surface area contributed by atoms with E-state index in [1.165, 1.54) is 11.3 Å². The highest BCUT2D eigenvalue weighted by Crippen LogP contribution is 2.24. The Hall–Kier alpha value is -2.21. The lowest BCUT2D eigenvalue weighted by atomic mass is 10.1. The number of carbonyl (C=O) groups is 2. The normalized spacial score (nSPS) is 10.5. The Morgan fingerprint density at radius 3 is 2.50 bits per heavy atom. The topological polar surface area (TPSA) is 79.3 Å². The van der Waals surface area contributed by atoms with Gasteiger partial charge in [-0.15, -0.1) is 11.3 Å². The minimum Gasteiger partial charge on any atom is -0.481 e. The Kier molecular flexibility index (Phi) is 7.42. The quantitative estimate of drug-likeness (QED) is 0.638. The predicted octanol–water partition coefficient (Wildman–Crippen LogP) is 3.97. The van der Waals surface area contributed by atoms with Crippen molar-refractivity contribution in [2.45, 2.75) is 38.5 Å². The molecule has 0 aliphatic heterocycles. The third-order valence-electron chi connectivity index (χ3n) is 3.60. The van der Waals surface area contributed by atoms with Gasteiger partial charge in [0, 0.05) is 18.5 Å². The highest BCUT2D eigenvalue weighted by Gasteiger charge is 2.10. The summed E-state index contributed by atoms with van der Waals surface area (Å²) in [4.78, 5) is 27.4. The number of rotatable bonds is 10. The first kappa shape index (κ1) is 18.1. The molecule has 1 aromatic carbocycles. The Labute approximate surface area is 145 Å². The average Bonchev–Trinajstić information content (AvgIpc) is 3.08. The second-order valence-corrected chi connectivity index (χ2v) is 6.59. The number of nitrogens with one attached hydrogen (secondary N) is 1. The molecule has 0 radical (unpaired) electrons. The van der Waals surface area contributed by atoms with Crippen LogP contribution >= 0.6 is 11.3 Å². The van der Waals surface area contributed by atoms with Gasteiger partial charge in [-0.1, -0.05) is 49.6 Å². The van der Waals surface area contributed by atoms with Crippen molar-refractivity contribution >= 4 is 23.2 Å². The smallest absolute Gasteiger partial charge is 0.303 e. The Morgan fingerprint density at radius 2 is 1.75 bits per heavy atom. The van der Waals surface area contributed by atoms with E-state index in [9.17, 15) is 9.59 Å². The number of benzene rings is 1. The summed E-state index contributed by atoms with van der Waals surface area (Å²) in [5, 5.41) is 12.3. The number of hydrogen-bond donors (Lipinski definition) is 2. The number of nitrogens with zero attached hydrogens (tertiary/aromatic N) is 1. The van der Waals surface area contributed by atoms with Crippen LogP contribution in [0.15, 0.2) is 36.5 Å². The van der Waals surface area contributed by atoms with Crippen LogP contribution in [0.1, 0.15) is 48.2 Å². The Morgan fingerprint density at radius 1 is 1.04 bits per heavy atom. The number of hydrogen-bond acceptors (Lipinski definition) is 4. The third kappa shape index (κ3) is 6.12. The van der Waals surface area contributed by atoms with Crippen LogP contribution < -0.4 is 5.32 Å². The van der Waals surface area contributed by atoms with E-state index >= 15 is 0 Å². The van der Waals surface area contributed by atoms with Crippen molar-refractivity contribution in [2.24, 2.45) is 0 Å². The molecule has 0 spiro atoms. The molecular weight excluding hydrogens is 324 g/mol. The van der Waals surface area contributed by atoms with Gasteiger partial charge in [-0.2, -0.15) is 0 Å². The molecular formula is C18H22N2O3S. The molecule has 1 aromatic heterocycles. The second-order valence-electron chi connectivity index (χ2n) is 5.56. The van der Waals surface area contributed by atoms with Gasteiger partial charge in [0.05, 0.1) is 6.20 Å². The van der Waals surface area contributed by atoms with Gasteiger partial charge in [-0.05, 0) is 12.8 Å². The molecule has 128 valence electrons. The average molecular weight is 346 g/mol. The monoisotopic (exact) mass is 346 g/mol. The number of aromatic nitrogens is 1. The molecule has 0 fully saturated rings.